The number of benzene rings is 1. The second kappa shape index (κ2) is 11.7. The first-order valence-electron chi connectivity index (χ1n) is 13.9. The van der Waals surface area contributed by atoms with E-state index in [2.05, 4.69) is 19.9 Å². The molecule has 6 rings (SSSR count). The van der Waals surface area contributed by atoms with Crippen LogP contribution in [0.5, 0.6) is 5.88 Å². The van der Waals surface area contributed by atoms with Gasteiger partial charge in [0.05, 0.1) is 42.4 Å². The molecule has 2 saturated heterocycles. The van der Waals surface area contributed by atoms with E-state index in [0.29, 0.717) is 85.1 Å². The number of alkyl halides is 2. The quantitative estimate of drug-likeness (QED) is 0.416. The highest BCUT2D eigenvalue weighted by Gasteiger charge is 2.31. The van der Waals surface area contributed by atoms with E-state index in [1.54, 1.807) is 30.3 Å². The molecule has 3 aromatic rings. The summed E-state index contributed by atoms with van der Waals surface area (Å²) in [6.45, 7) is 4.25. The maximum absolute atomic E-state index is 14.1. The summed E-state index contributed by atoms with van der Waals surface area (Å²) in [5.74, 6) is 2.01. The second-order valence-corrected chi connectivity index (χ2v) is 13.2. The molecule has 3 fully saturated rings. The molecule has 0 amide bonds. The van der Waals surface area contributed by atoms with Crippen LogP contribution in [0.1, 0.15) is 37.9 Å². The third kappa shape index (κ3) is 6.03. The minimum atomic E-state index is -2.78. The van der Waals surface area contributed by atoms with Crippen LogP contribution >= 0.6 is 10.6 Å². The van der Waals surface area contributed by atoms with Gasteiger partial charge in [0.15, 0.2) is 5.82 Å². The lowest BCUT2D eigenvalue weighted by molar-refractivity contribution is 0.119. The average Bonchev–Trinajstić information content (AvgIpc) is 3.37. The number of aromatic nitrogens is 4. The van der Waals surface area contributed by atoms with Gasteiger partial charge in [-0.25, -0.2) is 13.8 Å². The lowest BCUT2D eigenvalue weighted by Gasteiger charge is -2.45. The number of nitrogens with zero attached hydrogens (tertiary/aromatic N) is 6. The first-order chi connectivity index (χ1) is 19.4. The molecule has 2 N–H and O–H groups in total. The Labute approximate surface area is 233 Å². The number of morpholine rings is 1. The molecule has 3 aliphatic rings. The van der Waals surface area contributed by atoms with E-state index in [1.807, 2.05) is 4.90 Å². The SMILES string of the molecule is OS1(O)CCN(C2CCC(COc3cc(-n4c(C(F)F)nc5ccccc54)nc(N4CCOCC4)n3)CC2)CC1. The first kappa shape index (κ1) is 27.6. The number of rotatable bonds is 7. The minimum Gasteiger partial charge on any atom is -0.477 e. The van der Waals surface area contributed by atoms with Gasteiger partial charge in [0.1, 0.15) is 5.82 Å². The fraction of sp³-hybridized carbons (Fsp3) is 0.593. The zero-order valence-electron chi connectivity index (χ0n) is 22.4. The summed E-state index contributed by atoms with van der Waals surface area (Å²) in [5, 5.41) is 0. The molecule has 0 atom stereocenters. The molecular formula is C27H36F2N6O4S. The molecule has 4 heterocycles. The van der Waals surface area contributed by atoms with Crippen LogP contribution < -0.4 is 9.64 Å². The van der Waals surface area contributed by atoms with E-state index in [4.69, 9.17) is 9.47 Å². The van der Waals surface area contributed by atoms with E-state index >= 15 is 0 Å². The van der Waals surface area contributed by atoms with Crippen LogP contribution in [0.2, 0.25) is 0 Å². The van der Waals surface area contributed by atoms with Gasteiger partial charge in [0.25, 0.3) is 6.43 Å². The summed E-state index contributed by atoms with van der Waals surface area (Å²) < 4.78 is 61.1. The van der Waals surface area contributed by atoms with Crippen molar-refractivity contribution in [3.8, 4) is 11.7 Å². The Hall–Kier alpha value is -2.58. The zero-order chi connectivity index (χ0) is 27.7. The van der Waals surface area contributed by atoms with Crippen molar-refractivity contribution in [1.82, 2.24) is 24.4 Å². The summed E-state index contributed by atoms with van der Waals surface area (Å²) in [7, 11) is -2.39. The molecule has 13 heteroatoms. The van der Waals surface area contributed by atoms with E-state index in [9.17, 15) is 17.9 Å². The second-order valence-electron chi connectivity index (χ2n) is 10.8. The smallest absolute Gasteiger partial charge is 0.296 e. The number of hydrogen-bond donors (Lipinski definition) is 2. The van der Waals surface area contributed by atoms with Crippen molar-refractivity contribution in [3.05, 3.63) is 36.2 Å². The van der Waals surface area contributed by atoms with Gasteiger partial charge >= 0.3 is 0 Å². The van der Waals surface area contributed by atoms with Gasteiger partial charge in [0, 0.05) is 38.3 Å². The molecule has 218 valence electrons. The molecule has 0 unspecified atom stereocenters. The predicted molar refractivity (Wildman–Crippen MR) is 150 cm³/mol. The summed E-state index contributed by atoms with van der Waals surface area (Å²) in [6.07, 6.45) is 1.32. The first-order valence-corrected chi connectivity index (χ1v) is 15.8. The number of hydrogen-bond acceptors (Lipinski definition) is 9. The fourth-order valence-corrected chi connectivity index (χ4v) is 7.17. The van der Waals surface area contributed by atoms with Crippen molar-refractivity contribution in [2.24, 2.45) is 5.92 Å². The summed E-state index contributed by atoms with van der Waals surface area (Å²) in [5.41, 5.74) is 1.02. The molecule has 40 heavy (non-hydrogen) atoms. The molecule has 1 aliphatic carbocycles. The van der Waals surface area contributed by atoms with Crippen LogP contribution in [0.3, 0.4) is 0 Å². The van der Waals surface area contributed by atoms with E-state index < -0.39 is 17.0 Å². The molecule has 1 aromatic carbocycles. The van der Waals surface area contributed by atoms with Crippen LogP contribution in [0.25, 0.3) is 16.9 Å². The van der Waals surface area contributed by atoms with Crippen LogP contribution in [0.15, 0.2) is 30.3 Å². The van der Waals surface area contributed by atoms with Crippen LogP contribution in [-0.2, 0) is 4.74 Å². The van der Waals surface area contributed by atoms with Crippen molar-refractivity contribution in [1.29, 1.82) is 0 Å². The molecular weight excluding hydrogens is 542 g/mol. The largest absolute Gasteiger partial charge is 0.477 e. The summed E-state index contributed by atoms with van der Waals surface area (Å²) in [4.78, 5) is 17.9. The predicted octanol–water partition coefficient (Wildman–Crippen LogP) is 4.59. The van der Waals surface area contributed by atoms with Crippen LogP contribution in [-0.4, -0.2) is 97.1 Å². The Morgan fingerprint density at radius 3 is 2.42 bits per heavy atom. The molecule has 0 spiro atoms. The zero-order valence-corrected chi connectivity index (χ0v) is 23.2. The van der Waals surface area contributed by atoms with E-state index in [-0.39, 0.29) is 5.82 Å². The molecule has 10 nitrogen and oxygen atoms in total. The van der Waals surface area contributed by atoms with Crippen molar-refractivity contribution >= 4 is 27.6 Å². The highest BCUT2D eigenvalue weighted by atomic mass is 32.3. The van der Waals surface area contributed by atoms with Gasteiger partial charge < -0.3 is 14.4 Å². The van der Waals surface area contributed by atoms with Crippen molar-refractivity contribution in [2.75, 3.05) is 62.4 Å². The molecule has 2 aliphatic heterocycles. The van der Waals surface area contributed by atoms with Gasteiger partial charge in [-0.15, -0.1) is 0 Å². The Morgan fingerprint density at radius 2 is 1.70 bits per heavy atom. The Kier molecular flexibility index (Phi) is 8.09. The molecule has 2 aromatic heterocycles. The Bertz CT molecular complexity index is 1300. The van der Waals surface area contributed by atoms with E-state index in [1.165, 1.54) is 4.57 Å². The van der Waals surface area contributed by atoms with Gasteiger partial charge in [-0.05, 0) is 43.7 Å². The standard InChI is InChI=1S/C27H36F2N6O4S/c28-25(29)26-30-21-3-1-2-4-22(21)35(26)23-17-24(32-27(31-23)34-9-13-38-14-10-34)39-18-19-5-7-20(8-6-19)33-11-15-40(36,37)16-12-33/h1-4,17,19-20,25,36-37H,5-16,18H2. The number of anilines is 1. The normalized spacial score (nSPS) is 24.9. The molecule has 1 saturated carbocycles. The summed E-state index contributed by atoms with van der Waals surface area (Å²) in [6, 6.07) is 9.13. The maximum Gasteiger partial charge on any atom is 0.296 e. The van der Waals surface area contributed by atoms with Crippen molar-refractivity contribution < 1.29 is 27.4 Å². The Morgan fingerprint density at radius 1 is 0.975 bits per heavy atom. The van der Waals surface area contributed by atoms with Gasteiger partial charge in [-0.1, -0.05) is 12.1 Å². The highest BCUT2D eigenvalue weighted by Crippen LogP contribution is 2.42. The summed E-state index contributed by atoms with van der Waals surface area (Å²) >= 11 is 0. The maximum atomic E-state index is 14.1. The monoisotopic (exact) mass is 578 g/mol. The Balaban J connectivity index is 1.20. The van der Waals surface area contributed by atoms with Crippen molar-refractivity contribution in [2.45, 2.75) is 38.2 Å². The molecule has 0 radical (unpaired) electrons. The highest BCUT2D eigenvalue weighted by molar-refractivity contribution is 8.24. The number of fused-ring (bicyclic) bond motifs is 1. The number of ether oxygens (including phenoxy) is 2. The third-order valence-corrected chi connectivity index (χ3v) is 9.87. The van der Waals surface area contributed by atoms with Gasteiger partial charge in [0.2, 0.25) is 11.8 Å². The van der Waals surface area contributed by atoms with Crippen molar-refractivity contribution in [3.63, 3.8) is 0 Å². The lowest BCUT2D eigenvalue weighted by Crippen LogP contribution is -2.46. The van der Waals surface area contributed by atoms with Gasteiger partial charge in [-0.2, -0.15) is 20.6 Å². The third-order valence-electron chi connectivity index (χ3n) is 8.19. The topological polar surface area (TPSA) is 109 Å². The number of imidazole rings is 1. The van der Waals surface area contributed by atoms with Crippen LogP contribution in [0, 0.1) is 5.92 Å². The van der Waals surface area contributed by atoms with E-state index in [0.717, 1.165) is 38.8 Å². The lowest BCUT2D eigenvalue weighted by atomic mass is 9.86. The van der Waals surface area contributed by atoms with Crippen LogP contribution in [0.4, 0.5) is 14.7 Å². The number of para-hydroxylation sites is 2. The minimum absolute atomic E-state index is 0.301. The number of halogens is 2. The molecule has 0 bridgehead atoms. The average molecular weight is 579 g/mol. The van der Waals surface area contributed by atoms with Gasteiger partial charge in [-0.3, -0.25) is 18.6 Å². The fourth-order valence-electron chi connectivity index (χ4n) is 5.91.